The molecule has 0 spiro atoms. The van der Waals surface area contributed by atoms with Crippen LogP contribution in [-0.4, -0.2) is 24.7 Å². The zero-order chi connectivity index (χ0) is 20.7. The van der Waals surface area contributed by atoms with Crippen molar-refractivity contribution >= 4 is 5.97 Å². The topological polar surface area (TPSA) is 56.0 Å². The van der Waals surface area contributed by atoms with E-state index in [1.807, 2.05) is 6.07 Å². The molecule has 1 saturated heterocycles. The fourth-order valence-corrected chi connectivity index (χ4v) is 7.33. The van der Waals surface area contributed by atoms with Crippen molar-refractivity contribution in [2.75, 3.05) is 6.54 Å². The van der Waals surface area contributed by atoms with Crippen molar-refractivity contribution < 1.29 is 19.3 Å². The Kier molecular flexibility index (Phi) is 5.55. The number of nitrogens with two attached hydrogens (primary N) is 1. The Morgan fingerprint density at radius 2 is 2.13 bits per heavy atom. The number of hydrogen-bond donors (Lipinski definition) is 1. The molecule has 5 rings (SSSR count). The predicted octanol–water partition coefficient (Wildman–Crippen LogP) is 4.26. The van der Waals surface area contributed by atoms with Crippen LogP contribution in [0.4, 0.5) is 0 Å². The maximum Gasteiger partial charge on any atom is 0.315 e. The van der Waals surface area contributed by atoms with Crippen LogP contribution >= 0.6 is 0 Å². The predicted molar refractivity (Wildman–Crippen MR) is 116 cm³/mol. The van der Waals surface area contributed by atoms with Crippen molar-refractivity contribution in [2.45, 2.75) is 83.3 Å². The number of allylic oxidation sites excluding steroid dienone is 1. The van der Waals surface area contributed by atoms with Crippen molar-refractivity contribution in [1.82, 2.24) is 0 Å². The Labute approximate surface area is 180 Å². The lowest BCUT2D eigenvalue weighted by atomic mass is 9.55. The minimum absolute atomic E-state index is 0.0560. The van der Waals surface area contributed by atoms with E-state index in [0.29, 0.717) is 23.8 Å². The summed E-state index contributed by atoms with van der Waals surface area (Å²) < 4.78 is 11.6. The van der Waals surface area contributed by atoms with E-state index in [2.05, 4.69) is 24.9 Å². The molecule has 164 valence electrons. The summed E-state index contributed by atoms with van der Waals surface area (Å²) in [6, 6.07) is 4.68. The fourth-order valence-electron chi connectivity index (χ4n) is 7.33. The molecular formula is C26H38NO3+. The Balaban J connectivity index is 1.24. The average molecular weight is 413 g/mol. The van der Waals surface area contributed by atoms with E-state index >= 15 is 0 Å². The second-order valence-electron chi connectivity index (χ2n) is 10.9. The largest absolute Gasteiger partial charge is 0.469 e. The van der Waals surface area contributed by atoms with Crippen LogP contribution in [-0.2, 0) is 16.0 Å². The third-order valence-corrected chi connectivity index (χ3v) is 9.02. The van der Waals surface area contributed by atoms with Crippen LogP contribution in [0.2, 0.25) is 0 Å². The van der Waals surface area contributed by atoms with E-state index in [0.717, 1.165) is 31.6 Å². The first-order valence-corrected chi connectivity index (χ1v) is 12.3. The third-order valence-electron chi connectivity index (χ3n) is 9.02. The minimum Gasteiger partial charge on any atom is -0.469 e. The average Bonchev–Trinajstić information content (AvgIpc) is 3.33. The summed E-state index contributed by atoms with van der Waals surface area (Å²) in [6.45, 7) is 7.72. The van der Waals surface area contributed by atoms with Crippen molar-refractivity contribution in [1.29, 1.82) is 0 Å². The zero-order valence-corrected chi connectivity index (χ0v) is 18.5. The SMILES string of the molecule is C=C1CCC[C@]2(C)C[C@H]3OC(=O)[C@H](C[NH2+][C@H]4CCCC[C@@H]4Cc4ccco4)[C@H]3C[C@H]12. The van der Waals surface area contributed by atoms with Gasteiger partial charge in [0.05, 0.1) is 18.8 Å². The second-order valence-corrected chi connectivity index (χ2v) is 10.9. The summed E-state index contributed by atoms with van der Waals surface area (Å²) in [5, 5.41) is 2.49. The quantitative estimate of drug-likeness (QED) is 0.581. The van der Waals surface area contributed by atoms with E-state index in [9.17, 15) is 4.79 Å². The molecule has 0 radical (unpaired) electrons. The monoisotopic (exact) mass is 412 g/mol. The Bertz CT molecular complexity index is 771. The second kappa shape index (κ2) is 8.18. The van der Waals surface area contributed by atoms with Gasteiger partial charge in [0.15, 0.2) is 0 Å². The van der Waals surface area contributed by atoms with Gasteiger partial charge in [0.1, 0.15) is 17.8 Å². The van der Waals surface area contributed by atoms with Gasteiger partial charge in [-0.25, -0.2) is 0 Å². The molecule has 1 aromatic rings. The molecular weight excluding hydrogens is 374 g/mol. The first-order valence-electron chi connectivity index (χ1n) is 12.3. The van der Waals surface area contributed by atoms with Gasteiger partial charge in [-0.1, -0.05) is 25.5 Å². The fraction of sp³-hybridized carbons (Fsp3) is 0.731. The summed E-state index contributed by atoms with van der Waals surface area (Å²) in [5.41, 5.74) is 1.71. The van der Waals surface area contributed by atoms with Crippen molar-refractivity contribution in [2.24, 2.45) is 29.1 Å². The third kappa shape index (κ3) is 3.77. The highest BCUT2D eigenvalue weighted by atomic mass is 16.6. The molecule has 30 heavy (non-hydrogen) atoms. The van der Waals surface area contributed by atoms with Crippen LogP contribution in [0.1, 0.15) is 70.5 Å². The van der Waals surface area contributed by atoms with E-state index in [-0.39, 0.29) is 23.4 Å². The van der Waals surface area contributed by atoms with E-state index in [1.165, 1.54) is 50.5 Å². The van der Waals surface area contributed by atoms with Crippen molar-refractivity contribution in [3.05, 3.63) is 36.3 Å². The van der Waals surface area contributed by atoms with Crippen LogP contribution in [0.15, 0.2) is 35.0 Å². The smallest absolute Gasteiger partial charge is 0.315 e. The van der Waals surface area contributed by atoms with Crippen molar-refractivity contribution in [3.63, 3.8) is 0 Å². The minimum atomic E-state index is 0.0560. The molecule has 2 N–H and O–H groups in total. The Morgan fingerprint density at radius 1 is 1.27 bits per heavy atom. The molecule has 2 heterocycles. The van der Waals surface area contributed by atoms with Gasteiger partial charge in [-0.05, 0) is 74.8 Å². The number of esters is 1. The van der Waals surface area contributed by atoms with Gasteiger partial charge in [0, 0.05) is 18.3 Å². The standard InChI is InChI=1S/C26H37NO3/c1-17-7-5-11-26(2)15-24-20(14-22(17)26)21(25(28)30-24)16-27-23-10-4-3-8-18(23)13-19-9-6-12-29-19/h6,9,12,18,20-24,27H,1,3-5,7-8,10-11,13-16H2,2H3/p+1/t18-,20-,21-,22-,23+,24-,26-/m1/s1. The molecule has 4 aliphatic rings. The number of ether oxygens (including phenoxy) is 1. The normalized spacial score (nSPS) is 41.2. The number of hydrogen-bond acceptors (Lipinski definition) is 3. The summed E-state index contributed by atoms with van der Waals surface area (Å²) in [6.07, 6.45) is 13.9. The Hall–Kier alpha value is -1.55. The zero-order valence-electron chi connectivity index (χ0n) is 18.5. The van der Waals surface area contributed by atoms with Gasteiger partial charge in [0.2, 0.25) is 0 Å². The summed E-state index contributed by atoms with van der Waals surface area (Å²) in [4.78, 5) is 12.9. The lowest BCUT2D eigenvalue weighted by Gasteiger charge is -2.49. The molecule has 1 aliphatic heterocycles. The van der Waals surface area contributed by atoms with Crippen LogP contribution in [0, 0.1) is 29.1 Å². The van der Waals surface area contributed by atoms with E-state index < -0.39 is 0 Å². The number of fused-ring (bicyclic) bond motifs is 2. The van der Waals surface area contributed by atoms with Crippen LogP contribution in [0.3, 0.4) is 0 Å². The first-order chi connectivity index (χ1) is 14.5. The maximum absolute atomic E-state index is 12.9. The number of carbonyl (C=O) groups is 1. The molecule has 4 nitrogen and oxygen atoms in total. The number of furan rings is 1. The van der Waals surface area contributed by atoms with Gasteiger partial charge in [-0.2, -0.15) is 0 Å². The lowest BCUT2D eigenvalue weighted by molar-refractivity contribution is -0.702. The molecule has 0 amide bonds. The van der Waals surface area contributed by atoms with Crippen molar-refractivity contribution in [3.8, 4) is 0 Å². The molecule has 0 bridgehead atoms. The number of quaternary nitrogens is 1. The maximum atomic E-state index is 12.9. The van der Waals surface area contributed by atoms with Gasteiger partial charge in [0.25, 0.3) is 0 Å². The van der Waals surface area contributed by atoms with Gasteiger partial charge in [-0.15, -0.1) is 0 Å². The Morgan fingerprint density at radius 3 is 2.97 bits per heavy atom. The molecule has 1 aromatic heterocycles. The summed E-state index contributed by atoms with van der Waals surface area (Å²) in [7, 11) is 0. The van der Waals surface area contributed by atoms with Crippen LogP contribution < -0.4 is 5.32 Å². The van der Waals surface area contributed by atoms with E-state index in [1.54, 1.807) is 6.26 Å². The van der Waals surface area contributed by atoms with E-state index in [4.69, 9.17) is 9.15 Å². The molecule has 4 heteroatoms. The van der Waals surface area contributed by atoms with Crippen LogP contribution in [0.5, 0.6) is 0 Å². The van der Waals surface area contributed by atoms with Gasteiger partial charge >= 0.3 is 5.97 Å². The molecule has 0 aromatic carbocycles. The summed E-state index contributed by atoms with van der Waals surface area (Å²) in [5.74, 6) is 2.82. The lowest BCUT2D eigenvalue weighted by Crippen LogP contribution is -2.93. The molecule has 3 aliphatic carbocycles. The molecule has 0 unspecified atom stereocenters. The highest BCUT2D eigenvalue weighted by Crippen LogP contribution is 2.56. The van der Waals surface area contributed by atoms with Gasteiger partial charge < -0.3 is 14.5 Å². The highest BCUT2D eigenvalue weighted by molar-refractivity contribution is 5.75. The summed E-state index contributed by atoms with van der Waals surface area (Å²) >= 11 is 0. The highest BCUT2D eigenvalue weighted by Gasteiger charge is 2.55. The molecule has 4 fully saturated rings. The molecule has 7 atom stereocenters. The molecule has 3 saturated carbocycles. The number of rotatable bonds is 5. The van der Waals surface area contributed by atoms with Crippen LogP contribution in [0.25, 0.3) is 0 Å². The number of carbonyl (C=O) groups excluding carboxylic acids is 1. The first kappa shape index (κ1) is 20.4. The van der Waals surface area contributed by atoms with Gasteiger partial charge in [-0.3, -0.25) is 4.79 Å².